The van der Waals surface area contributed by atoms with Crippen LogP contribution in [0.25, 0.3) is 0 Å². The van der Waals surface area contributed by atoms with E-state index in [0.717, 1.165) is 11.4 Å². The number of halogens is 2. The first kappa shape index (κ1) is 14.0. The van der Waals surface area contributed by atoms with E-state index in [0.29, 0.717) is 18.5 Å². The lowest BCUT2D eigenvalue weighted by atomic mass is 10.1. The maximum Gasteiger partial charge on any atom is 0.142 e. The third kappa shape index (κ3) is 3.14. The van der Waals surface area contributed by atoms with E-state index < -0.39 is 11.9 Å². The van der Waals surface area contributed by atoms with Crippen LogP contribution in [0.4, 0.5) is 4.39 Å². The molecule has 1 aromatic heterocycles. The predicted molar refractivity (Wildman–Crippen MR) is 72.7 cm³/mol. The number of rotatable bonds is 4. The highest BCUT2D eigenvalue weighted by Gasteiger charge is 2.15. The zero-order chi connectivity index (χ0) is 14.0. The van der Waals surface area contributed by atoms with Crippen LogP contribution in [-0.4, -0.2) is 14.9 Å². The van der Waals surface area contributed by atoms with Crippen LogP contribution in [0.5, 0.6) is 0 Å². The van der Waals surface area contributed by atoms with Crippen molar-refractivity contribution in [3.63, 3.8) is 0 Å². The summed E-state index contributed by atoms with van der Waals surface area (Å²) in [5.74, 6) is -0.466. The number of aliphatic hydroxyl groups is 1. The van der Waals surface area contributed by atoms with Gasteiger partial charge in [0.1, 0.15) is 5.82 Å². The van der Waals surface area contributed by atoms with Gasteiger partial charge in [0.05, 0.1) is 22.5 Å². The molecular weight excluding hydrogens is 267 g/mol. The summed E-state index contributed by atoms with van der Waals surface area (Å²) in [6, 6.07) is 6.42. The molecule has 1 heterocycles. The van der Waals surface area contributed by atoms with Gasteiger partial charge in [0.2, 0.25) is 0 Å². The van der Waals surface area contributed by atoms with Crippen molar-refractivity contribution < 1.29 is 9.50 Å². The fourth-order valence-electron chi connectivity index (χ4n) is 2.08. The Hall–Kier alpha value is -1.39. The van der Waals surface area contributed by atoms with Crippen molar-refractivity contribution in [2.45, 2.75) is 32.9 Å². The standard InChI is InChI=1S/C14H16ClFN2O/c1-3-18-13(6-9(2)17-18)14(19)8-10-4-5-11(15)12(16)7-10/h4-7,14,19H,3,8H2,1-2H3. The van der Waals surface area contributed by atoms with E-state index in [4.69, 9.17) is 11.6 Å². The molecule has 0 amide bonds. The lowest BCUT2D eigenvalue weighted by Gasteiger charge is -2.12. The third-order valence-corrected chi connectivity index (χ3v) is 3.29. The molecular formula is C14H16ClFN2O. The molecule has 0 radical (unpaired) electrons. The molecule has 0 aliphatic rings. The highest BCUT2D eigenvalue weighted by Crippen LogP contribution is 2.22. The van der Waals surface area contributed by atoms with E-state index in [1.165, 1.54) is 12.1 Å². The summed E-state index contributed by atoms with van der Waals surface area (Å²) in [4.78, 5) is 0. The zero-order valence-electron chi connectivity index (χ0n) is 10.9. The summed E-state index contributed by atoms with van der Waals surface area (Å²) in [7, 11) is 0. The molecule has 2 aromatic rings. The Morgan fingerprint density at radius 1 is 1.42 bits per heavy atom. The quantitative estimate of drug-likeness (QED) is 0.934. The van der Waals surface area contributed by atoms with Gasteiger partial charge in [0.25, 0.3) is 0 Å². The number of aromatic nitrogens is 2. The second-order valence-electron chi connectivity index (χ2n) is 4.49. The van der Waals surface area contributed by atoms with Crippen LogP contribution in [0.2, 0.25) is 5.02 Å². The van der Waals surface area contributed by atoms with Gasteiger partial charge in [-0.1, -0.05) is 17.7 Å². The number of aryl methyl sites for hydroxylation is 2. The Morgan fingerprint density at radius 3 is 2.79 bits per heavy atom. The first-order chi connectivity index (χ1) is 9.01. The van der Waals surface area contributed by atoms with Crippen molar-refractivity contribution in [3.8, 4) is 0 Å². The Balaban J connectivity index is 2.20. The lowest BCUT2D eigenvalue weighted by molar-refractivity contribution is 0.167. The fourth-order valence-corrected chi connectivity index (χ4v) is 2.20. The average molecular weight is 283 g/mol. The minimum absolute atomic E-state index is 0.0904. The Bertz CT molecular complexity index is 583. The summed E-state index contributed by atoms with van der Waals surface area (Å²) in [5, 5.41) is 14.6. The van der Waals surface area contributed by atoms with Crippen molar-refractivity contribution >= 4 is 11.6 Å². The molecule has 5 heteroatoms. The molecule has 0 spiro atoms. The maximum atomic E-state index is 13.4. The third-order valence-electron chi connectivity index (χ3n) is 2.99. The van der Waals surface area contributed by atoms with Gasteiger partial charge >= 0.3 is 0 Å². The second kappa shape index (κ2) is 5.72. The molecule has 2 rings (SSSR count). The number of nitrogens with zero attached hydrogens (tertiary/aromatic N) is 2. The largest absolute Gasteiger partial charge is 0.386 e. The smallest absolute Gasteiger partial charge is 0.142 e. The van der Waals surface area contributed by atoms with Crippen LogP contribution < -0.4 is 0 Å². The van der Waals surface area contributed by atoms with Gasteiger partial charge in [-0.25, -0.2) is 4.39 Å². The summed E-state index contributed by atoms with van der Waals surface area (Å²) in [5.41, 5.74) is 2.31. The van der Waals surface area contributed by atoms with Crippen molar-refractivity contribution in [3.05, 3.63) is 52.1 Å². The van der Waals surface area contributed by atoms with Gasteiger partial charge < -0.3 is 5.11 Å². The number of aliphatic hydroxyl groups excluding tert-OH is 1. The molecule has 0 aliphatic heterocycles. The van der Waals surface area contributed by atoms with Crippen molar-refractivity contribution in [1.29, 1.82) is 0 Å². The normalized spacial score (nSPS) is 12.7. The molecule has 1 unspecified atom stereocenters. The molecule has 0 saturated carbocycles. The molecule has 1 aromatic carbocycles. The molecule has 19 heavy (non-hydrogen) atoms. The topological polar surface area (TPSA) is 38.0 Å². The predicted octanol–water partition coefficient (Wildman–Crippen LogP) is 3.28. The zero-order valence-corrected chi connectivity index (χ0v) is 11.7. The van der Waals surface area contributed by atoms with E-state index in [9.17, 15) is 9.50 Å². The summed E-state index contributed by atoms with van der Waals surface area (Å²) in [6.07, 6.45) is -0.374. The monoisotopic (exact) mass is 282 g/mol. The van der Waals surface area contributed by atoms with Crippen LogP contribution in [-0.2, 0) is 13.0 Å². The average Bonchev–Trinajstić information content (AvgIpc) is 2.75. The van der Waals surface area contributed by atoms with Crippen molar-refractivity contribution in [2.24, 2.45) is 0 Å². The summed E-state index contributed by atoms with van der Waals surface area (Å²) in [6.45, 7) is 4.53. The maximum absolute atomic E-state index is 13.4. The van der Waals surface area contributed by atoms with E-state index >= 15 is 0 Å². The van der Waals surface area contributed by atoms with E-state index in [-0.39, 0.29) is 5.02 Å². The molecule has 102 valence electrons. The molecule has 1 atom stereocenters. The number of hydrogen-bond donors (Lipinski definition) is 1. The highest BCUT2D eigenvalue weighted by molar-refractivity contribution is 6.30. The minimum Gasteiger partial charge on any atom is -0.386 e. The molecule has 0 fully saturated rings. The van der Waals surface area contributed by atoms with Gasteiger partial charge in [0, 0.05) is 13.0 Å². The first-order valence-corrected chi connectivity index (χ1v) is 6.55. The summed E-state index contributed by atoms with van der Waals surface area (Å²) < 4.78 is 15.1. The van der Waals surface area contributed by atoms with Gasteiger partial charge in [-0.2, -0.15) is 5.10 Å². The van der Waals surface area contributed by atoms with Crippen LogP contribution in [0.3, 0.4) is 0 Å². The minimum atomic E-state index is -0.707. The lowest BCUT2D eigenvalue weighted by Crippen LogP contribution is -2.10. The summed E-state index contributed by atoms with van der Waals surface area (Å²) >= 11 is 5.63. The Labute approximate surface area is 116 Å². The second-order valence-corrected chi connectivity index (χ2v) is 4.90. The molecule has 3 nitrogen and oxygen atoms in total. The van der Waals surface area contributed by atoms with Crippen LogP contribution in [0.1, 0.15) is 30.0 Å². The number of benzene rings is 1. The molecule has 0 saturated heterocycles. The van der Waals surface area contributed by atoms with Gasteiger partial charge in [-0.3, -0.25) is 4.68 Å². The fraction of sp³-hybridized carbons (Fsp3) is 0.357. The van der Waals surface area contributed by atoms with Crippen LogP contribution >= 0.6 is 11.6 Å². The SMILES string of the molecule is CCn1nc(C)cc1C(O)Cc1ccc(Cl)c(F)c1. The van der Waals surface area contributed by atoms with Crippen molar-refractivity contribution in [1.82, 2.24) is 9.78 Å². The van der Waals surface area contributed by atoms with Crippen LogP contribution in [0, 0.1) is 12.7 Å². The van der Waals surface area contributed by atoms with E-state index in [2.05, 4.69) is 5.10 Å². The highest BCUT2D eigenvalue weighted by atomic mass is 35.5. The van der Waals surface area contributed by atoms with Gasteiger partial charge in [-0.15, -0.1) is 0 Å². The number of hydrogen-bond acceptors (Lipinski definition) is 2. The Morgan fingerprint density at radius 2 is 2.16 bits per heavy atom. The van der Waals surface area contributed by atoms with Gasteiger partial charge in [0.15, 0.2) is 0 Å². The Kier molecular flexibility index (Phi) is 4.22. The van der Waals surface area contributed by atoms with E-state index in [1.807, 2.05) is 19.9 Å². The molecule has 1 N–H and O–H groups in total. The molecule has 0 bridgehead atoms. The van der Waals surface area contributed by atoms with E-state index in [1.54, 1.807) is 10.7 Å². The first-order valence-electron chi connectivity index (χ1n) is 6.17. The van der Waals surface area contributed by atoms with Crippen molar-refractivity contribution in [2.75, 3.05) is 0 Å². The molecule has 0 aliphatic carbocycles. The van der Waals surface area contributed by atoms with Gasteiger partial charge in [-0.05, 0) is 37.6 Å². The van der Waals surface area contributed by atoms with Crippen LogP contribution in [0.15, 0.2) is 24.3 Å².